The summed E-state index contributed by atoms with van der Waals surface area (Å²) in [6, 6.07) is -0.183. The van der Waals surface area contributed by atoms with E-state index in [2.05, 4.69) is 5.32 Å². The third-order valence-electron chi connectivity index (χ3n) is 3.16. The van der Waals surface area contributed by atoms with Crippen molar-refractivity contribution in [3.63, 3.8) is 0 Å². The first-order chi connectivity index (χ1) is 8.30. The van der Waals surface area contributed by atoms with Crippen molar-refractivity contribution in [1.82, 2.24) is 10.2 Å². The van der Waals surface area contributed by atoms with Crippen LogP contribution in [0.1, 0.15) is 39.5 Å². The van der Waals surface area contributed by atoms with Crippen molar-refractivity contribution in [3.8, 4) is 0 Å². The zero-order valence-electron chi connectivity index (χ0n) is 11.0. The lowest BCUT2D eigenvalue weighted by molar-refractivity contribution is -0.137. The van der Waals surface area contributed by atoms with E-state index in [1.165, 1.54) is 0 Å². The minimum atomic E-state index is -0.863. The van der Waals surface area contributed by atoms with Gasteiger partial charge in [0.2, 0.25) is 0 Å². The summed E-state index contributed by atoms with van der Waals surface area (Å²) in [6.07, 6.45) is 1.32. The maximum Gasteiger partial charge on any atom is 0.317 e. The molecule has 1 fully saturated rings. The van der Waals surface area contributed by atoms with Crippen LogP contribution in [-0.4, -0.2) is 51.8 Å². The molecule has 0 radical (unpaired) electrons. The molecule has 0 aromatic heterocycles. The number of nitrogens with zero attached hydrogens (tertiary/aromatic N) is 1. The van der Waals surface area contributed by atoms with Crippen molar-refractivity contribution in [2.75, 3.05) is 13.1 Å². The molecule has 1 saturated heterocycles. The fourth-order valence-electron chi connectivity index (χ4n) is 1.92. The molecule has 6 nitrogen and oxygen atoms in total. The van der Waals surface area contributed by atoms with Crippen LogP contribution >= 0.6 is 0 Å². The van der Waals surface area contributed by atoms with Gasteiger partial charge in [-0.1, -0.05) is 0 Å². The highest BCUT2D eigenvalue weighted by atomic mass is 16.4. The van der Waals surface area contributed by atoms with E-state index in [-0.39, 0.29) is 18.6 Å². The minimum Gasteiger partial charge on any atom is -0.481 e. The molecule has 0 spiro atoms. The average Bonchev–Trinajstić information content (AvgIpc) is 2.27. The largest absolute Gasteiger partial charge is 0.481 e. The summed E-state index contributed by atoms with van der Waals surface area (Å²) in [6.45, 7) is 4.71. The quantitative estimate of drug-likeness (QED) is 0.695. The van der Waals surface area contributed by atoms with E-state index in [4.69, 9.17) is 5.11 Å². The number of carboxylic acid groups (broad SMARTS) is 1. The molecule has 0 aromatic carbocycles. The van der Waals surface area contributed by atoms with Gasteiger partial charge in [0.1, 0.15) is 0 Å². The second-order valence-electron chi connectivity index (χ2n) is 5.43. The molecule has 0 aliphatic carbocycles. The predicted octanol–water partition coefficient (Wildman–Crippen LogP) is 0.796. The zero-order valence-corrected chi connectivity index (χ0v) is 11.0. The molecule has 6 heteroatoms. The molecule has 1 heterocycles. The maximum absolute atomic E-state index is 12.0. The normalized spacial score (nSPS) is 17.6. The Kier molecular flexibility index (Phi) is 4.95. The summed E-state index contributed by atoms with van der Waals surface area (Å²) < 4.78 is 0. The zero-order chi connectivity index (χ0) is 13.8. The monoisotopic (exact) mass is 258 g/mol. The molecule has 104 valence electrons. The number of aliphatic carboxylic acids is 1. The van der Waals surface area contributed by atoms with E-state index in [0.717, 1.165) is 0 Å². The SMILES string of the molecule is CC(C)(CCC(=O)O)NC(=O)N1CCC(O)CC1. The fourth-order valence-corrected chi connectivity index (χ4v) is 1.92. The van der Waals surface area contributed by atoms with Crippen LogP contribution in [-0.2, 0) is 4.79 Å². The van der Waals surface area contributed by atoms with Gasteiger partial charge in [-0.05, 0) is 33.1 Å². The van der Waals surface area contributed by atoms with Crippen LogP contribution in [0.2, 0.25) is 0 Å². The number of carboxylic acids is 1. The third kappa shape index (κ3) is 4.91. The molecule has 18 heavy (non-hydrogen) atoms. The van der Waals surface area contributed by atoms with Crippen molar-refractivity contribution >= 4 is 12.0 Å². The molecule has 1 aliphatic rings. The Morgan fingerprint density at radius 2 is 1.89 bits per heavy atom. The van der Waals surface area contributed by atoms with Gasteiger partial charge < -0.3 is 20.4 Å². The maximum atomic E-state index is 12.0. The van der Waals surface area contributed by atoms with Crippen molar-refractivity contribution in [3.05, 3.63) is 0 Å². The number of carbonyl (C=O) groups excluding carboxylic acids is 1. The number of likely N-dealkylation sites (tertiary alicyclic amines) is 1. The lowest BCUT2D eigenvalue weighted by Crippen LogP contribution is -2.52. The van der Waals surface area contributed by atoms with E-state index in [1.54, 1.807) is 4.90 Å². The molecule has 0 atom stereocenters. The number of piperidine rings is 1. The molecule has 1 rings (SSSR count). The van der Waals surface area contributed by atoms with E-state index < -0.39 is 11.5 Å². The van der Waals surface area contributed by atoms with E-state index in [1.807, 2.05) is 13.8 Å². The van der Waals surface area contributed by atoms with E-state index in [9.17, 15) is 14.7 Å². The van der Waals surface area contributed by atoms with Gasteiger partial charge in [-0.15, -0.1) is 0 Å². The molecular weight excluding hydrogens is 236 g/mol. The van der Waals surface area contributed by atoms with Gasteiger partial charge in [0.25, 0.3) is 0 Å². The topological polar surface area (TPSA) is 89.9 Å². The Hall–Kier alpha value is -1.30. The number of urea groups is 1. The van der Waals surface area contributed by atoms with Crippen LogP contribution in [0, 0.1) is 0 Å². The van der Waals surface area contributed by atoms with Gasteiger partial charge in [0.05, 0.1) is 6.10 Å². The summed E-state index contributed by atoms with van der Waals surface area (Å²) >= 11 is 0. The number of nitrogens with one attached hydrogen (secondary N) is 1. The average molecular weight is 258 g/mol. The molecular formula is C12H22N2O4. The lowest BCUT2D eigenvalue weighted by atomic mass is 9.98. The van der Waals surface area contributed by atoms with Crippen LogP contribution in [0.3, 0.4) is 0 Å². The van der Waals surface area contributed by atoms with Crippen molar-refractivity contribution in [2.45, 2.75) is 51.2 Å². The van der Waals surface area contributed by atoms with E-state index in [0.29, 0.717) is 32.4 Å². The molecule has 0 unspecified atom stereocenters. The van der Waals surface area contributed by atoms with Crippen LogP contribution < -0.4 is 5.32 Å². The molecule has 3 N–H and O–H groups in total. The van der Waals surface area contributed by atoms with Gasteiger partial charge in [-0.25, -0.2) is 4.79 Å². The van der Waals surface area contributed by atoms with Crippen molar-refractivity contribution in [1.29, 1.82) is 0 Å². The smallest absolute Gasteiger partial charge is 0.317 e. The third-order valence-corrected chi connectivity index (χ3v) is 3.16. The highest BCUT2D eigenvalue weighted by Gasteiger charge is 2.26. The number of carbonyl (C=O) groups is 2. The van der Waals surface area contributed by atoms with Crippen molar-refractivity contribution in [2.24, 2.45) is 0 Å². The van der Waals surface area contributed by atoms with Gasteiger partial charge in [0.15, 0.2) is 0 Å². The first-order valence-electron chi connectivity index (χ1n) is 6.27. The molecule has 1 aliphatic heterocycles. The number of aliphatic hydroxyl groups is 1. The van der Waals surface area contributed by atoms with Crippen molar-refractivity contribution < 1.29 is 19.8 Å². The Labute approximate surface area is 107 Å². The summed E-state index contributed by atoms with van der Waals surface area (Å²) in [4.78, 5) is 24.1. The van der Waals surface area contributed by atoms with Gasteiger partial charge in [-0.3, -0.25) is 4.79 Å². The summed E-state index contributed by atoms with van der Waals surface area (Å²) in [5.74, 6) is -0.863. The number of amides is 2. The summed E-state index contributed by atoms with van der Waals surface area (Å²) in [7, 11) is 0. The van der Waals surface area contributed by atoms with Crippen LogP contribution in [0.25, 0.3) is 0 Å². The van der Waals surface area contributed by atoms with Crippen LogP contribution in [0.4, 0.5) is 4.79 Å². The van der Waals surface area contributed by atoms with Gasteiger partial charge in [-0.2, -0.15) is 0 Å². The minimum absolute atomic E-state index is 0.0337. The highest BCUT2D eigenvalue weighted by Crippen LogP contribution is 2.14. The second kappa shape index (κ2) is 6.04. The lowest BCUT2D eigenvalue weighted by Gasteiger charge is -2.34. The number of rotatable bonds is 4. The first-order valence-corrected chi connectivity index (χ1v) is 6.27. The summed E-state index contributed by atoms with van der Waals surface area (Å²) in [5.41, 5.74) is -0.536. The predicted molar refractivity (Wildman–Crippen MR) is 66.3 cm³/mol. The number of hydrogen-bond donors (Lipinski definition) is 3. The molecule has 0 saturated carbocycles. The van der Waals surface area contributed by atoms with Gasteiger partial charge in [0, 0.05) is 25.0 Å². The Balaban J connectivity index is 2.40. The molecule has 0 bridgehead atoms. The van der Waals surface area contributed by atoms with Crippen LogP contribution in [0.15, 0.2) is 0 Å². The van der Waals surface area contributed by atoms with E-state index >= 15 is 0 Å². The molecule has 0 aromatic rings. The Morgan fingerprint density at radius 1 is 1.33 bits per heavy atom. The van der Waals surface area contributed by atoms with Crippen LogP contribution in [0.5, 0.6) is 0 Å². The first kappa shape index (κ1) is 14.8. The fraction of sp³-hybridized carbons (Fsp3) is 0.833. The standard InChI is InChI=1S/C12H22N2O4/c1-12(2,6-3-10(16)17)13-11(18)14-7-4-9(15)5-8-14/h9,15H,3-8H2,1-2H3,(H,13,18)(H,16,17). The number of hydrogen-bond acceptors (Lipinski definition) is 3. The van der Waals surface area contributed by atoms with Gasteiger partial charge >= 0.3 is 12.0 Å². The molecule has 2 amide bonds. The summed E-state index contributed by atoms with van der Waals surface area (Å²) in [5, 5.41) is 20.8. The second-order valence-corrected chi connectivity index (χ2v) is 5.43. The Bertz CT molecular complexity index is 309. The number of aliphatic hydroxyl groups excluding tert-OH is 1. The highest BCUT2D eigenvalue weighted by molar-refractivity contribution is 5.75. The Morgan fingerprint density at radius 3 is 2.39 bits per heavy atom.